The minimum atomic E-state index is 0.700. The van der Waals surface area contributed by atoms with Gasteiger partial charge >= 0.3 is 0 Å². The van der Waals surface area contributed by atoms with Gasteiger partial charge in [-0.1, -0.05) is 96.2 Å². The number of nitrogens with zero attached hydrogens (tertiary/aromatic N) is 4. The minimum absolute atomic E-state index is 0.700. The van der Waals surface area contributed by atoms with Crippen molar-refractivity contribution in [2.24, 2.45) is 5.10 Å². The molecule has 4 aromatic rings. The molecule has 0 atom stereocenters. The highest BCUT2D eigenvalue weighted by Crippen LogP contribution is 2.26. The van der Waals surface area contributed by atoms with Gasteiger partial charge < -0.3 is 0 Å². The molecule has 0 fully saturated rings. The molecule has 6 heteroatoms. The van der Waals surface area contributed by atoms with Gasteiger partial charge in [0.1, 0.15) is 0 Å². The van der Waals surface area contributed by atoms with Crippen LogP contribution in [0.4, 0.5) is 0 Å². The Kier molecular flexibility index (Phi) is 5.85. The van der Waals surface area contributed by atoms with E-state index in [4.69, 9.17) is 11.6 Å². The highest BCUT2D eigenvalue weighted by atomic mass is 35.5. The van der Waals surface area contributed by atoms with Gasteiger partial charge in [0.05, 0.1) is 6.21 Å². The summed E-state index contributed by atoms with van der Waals surface area (Å²) >= 11 is 7.58. The number of hydrogen-bond acceptors (Lipinski definition) is 4. The lowest BCUT2D eigenvalue weighted by Gasteiger charge is -2.05. The van der Waals surface area contributed by atoms with Gasteiger partial charge in [0, 0.05) is 16.3 Å². The molecule has 0 bridgehead atoms. The number of benzene rings is 3. The molecule has 0 N–H and O–H groups in total. The minimum Gasteiger partial charge on any atom is -0.187 e. The number of thioether (sulfide) groups is 1. The van der Waals surface area contributed by atoms with Gasteiger partial charge in [-0.2, -0.15) is 9.78 Å². The van der Waals surface area contributed by atoms with Gasteiger partial charge in [0.2, 0.25) is 5.16 Å². The van der Waals surface area contributed by atoms with Crippen LogP contribution in [-0.4, -0.2) is 21.1 Å². The van der Waals surface area contributed by atoms with E-state index in [1.54, 1.807) is 22.7 Å². The standard InChI is InChI=1S/C22H17ClN4S/c23-20-13-11-17(12-14-20)15-24-27-21(19-9-5-2-6-10-19)25-26-22(27)28-16-18-7-3-1-4-8-18/h1-15H,16H2/b24-15-. The lowest BCUT2D eigenvalue weighted by atomic mass is 10.2. The van der Waals surface area contributed by atoms with Crippen molar-refractivity contribution in [3.8, 4) is 11.4 Å². The van der Waals surface area contributed by atoms with Crippen LogP contribution in [0.2, 0.25) is 5.02 Å². The Bertz CT molecular complexity index is 1060. The zero-order valence-corrected chi connectivity index (χ0v) is 16.5. The van der Waals surface area contributed by atoms with Crippen LogP contribution < -0.4 is 0 Å². The smallest absolute Gasteiger partial charge is 0.187 e. The number of rotatable bonds is 6. The fraction of sp³-hybridized carbons (Fsp3) is 0.0455. The van der Waals surface area contributed by atoms with E-state index in [2.05, 4.69) is 27.4 Å². The molecule has 4 rings (SSSR count). The normalized spacial score (nSPS) is 11.2. The highest BCUT2D eigenvalue weighted by Gasteiger charge is 2.14. The summed E-state index contributed by atoms with van der Waals surface area (Å²) in [7, 11) is 0. The Morgan fingerprint density at radius 3 is 2.25 bits per heavy atom. The van der Waals surface area contributed by atoms with Crippen molar-refractivity contribution >= 4 is 29.6 Å². The summed E-state index contributed by atoms with van der Waals surface area (Å²) in [5, 5.41) is 14.9. The van der Waals surface area contributed by atoms with E-state index in [0.717, 1.165) is 22.0 Å². The van der Waals surface area contributed by atoms with E-state index < -0.39 is 0 Å². The molecule has 0 saturated heterocycles. The van der Waals surface area contributed by atoms with Gasteiger partial charge in [0.15, 0.2) is 5.82 Å². The van der Waals surface area contributed by atoms with E-state index in [9.17, 15) is 0 Å². The first kappa shape index (κ1) is 18.5. The first-order chi connectivity index (χ1) is 13.8. The van der Waals surface area contributed by atoms with Crippen LogP contribution in [0.1, 0.15) is 11.1 Å². The summed E-state index contributed by atoms with van der Waals surface area (Å²) in [6.07, 6.45) is 1.79. The maximum absolute atomic E-state index is 5.97. The third kappa shape index (κ3) is 4.50. The number of halogens is 1. The number of aromatic nitrogens is 3. The van der Waals surface area contributed by atoms with E-state index in [1.807, 2.05) is 72.8 Å². The zero-order chi connectivity index (χ0) is 19.2. The Labute approximate surface area is 172 Å². The predicted octanol–water partition coefficient (Wildman–Crippen LogP) is 5.77. The first-order valence-electron chi connectivity index (χ1n) is 8.77. The van der Waals surface area contributed by atoms with Crippen molar-refractivity contribution in [3.63, 3.8) is 0 Å². The van der Waals surface area contributed by atoms with Crippen molar-refractivity contribution in [2.75, 3.05) is 0 Å². The number of hydrogen-bond donors (Lipinski definition) is 0. The largest absolute Gasteiger partial charge is 0.212 e. The highest BCUT2D eigenvalue weighted by molar-refractivity contribution is 7.98. The second-order valence-corrected chi connectivity index (χ2v) is 7.43. The van der Waals surface area contributed by atoms with Crippen molar-refractivity contribution in [3.05, 3.63) is 101 Å². The van der Waals surface area contributed by atoms with Crippen LogP contribution in [-0.2, 0) is 5.75 Å². The lowest BCUT2D eigenvalue weighted by molar-refractivity contribution is 0.772. The average Bonchev–Trinajstić information content (AvgIpc) is 3.16. The Hall–Kier alpha value is -2.89. The summed E-state index contributed by atoms with van der Waals surface area (Å²) in [5.41, 5.74) is 3.15. The van der Waals surface area contributed by atoms with Crippen LogP contribution in [0.15, 0.2) is 95.2 Å². The molecule has 0 aliphatic carbocycles. The van der Waals surface area contributed by atoms with Crippen molar-refractivity contribution in [2.45, 2.75) is 10.9 Å². The molecule has 0 aliphatic heterocycles. The van der Waals surface area contributed by atoms with Crippen molar-refractivity contribution < 1.29 is 0 Å². The molecule has 0 saturated carbocycles. The van der Waals surface area contributed by atoms with Crippen LogP contribution in [0.3, 0.4) is 0 Å². The summed E-state index contributed by atoms with van der Waals surface area (Å²) < 4.78 is 1.79. The first-order valence-corrected chi connectivity index (χ1v) is 10.1. The quantitative estimate of drug-likeness (QED) is 0.302. The van der Waals surface area contributed by atoms with Crippen molar-refractivity contribution in [1.29, 1.82) is 0 Å². The summed E-state index contributed by atoms with van der Waals surface area (Å²) in [6, 6.07) is 27.8. The summed E-state index contributed by atoms with van der Waals surface area (Å²) in [4.78, 5) is 0. The van der Waals surface area contributed by atoms with Crippen molar-refractivity contribution in [1.82, 2.24) is 14.9 Å². The third-order valence-electron chi connectivity index (χ3n) is 4.05. The molecule has 0 unspecified atom stereocenters. The molecule has 0 spiro atoms. The van der Waals surface area contributed by atoms with E-state index in [1.165, 1.54) is 5.56 Å². The molecule has 0 radical (unpaired) electrons. The molecule has 3 aromatic carbocycles. The fourth-order valence-electron chi connectivity index (χ4n) is 2.62. The van der Waals surface area contributed by atoms with Gasteiger partial charge in [-0.25, -0.2) is 0 Å². The monoisotopic (exact) mass is 404 g/mol. The maximum Gasteiger partial charge on any atom is 0.212 e. The van der Waals surface area contributed by atoms with Gasteiger partial charge in [-0.15, -0.1) is 10.2 Å². The molecule has 0 aliphatic rings. The lowest BCUT2D eigenvalue weighted by Crippen LogP contribution is -1.97. The Morgan fingerprint density at radius 2 is 1.54 bits per heavy atom. The average molecular weight is 405 g/mol. The summed E-state index contributed by atoms with van der Waals surface area (Å²) in [6.45, 7) is 0. The molecular weight excluding hydrogens is 388 g/mol. The molecule has 138 valence electrons. The molecule has 4 nitrogen and oxygen atoms in total. The third-order valence-corrected chi connectivity index (χ3v) is 5.29. The van der Waals surface area contributed by atoms with Crippen LogP contribution in [0.5, 0.6) is 0 Å². The van der Waals surface area contributed by atoms with Crippen LogP contribution >= 0.6 is 23.4 Å². The predicted molar refractivity (Wildman–Crippen MR) is 116 cm³/mol. The van der Waals surface area contributed by atoms with Gasteiger partial charge in [-0.3, -0.25) is 0 Å². The topological polar surface area (TPSA) is 43.1 Å². The Balaban J connectivity index is 1.65. The van der Waals surface area contributed by atoms with E-state index >= 15 is 0 Å². The zero-order valence-electron chi connectivity index (χ0n) is 14.9. The second kappa shape index (κ2) is 8.87. The summed E-state index contributed by atoms with van der Waals surface area (Å²) in [5.74, 6) is 1.51. The van der Waals surface area contributed by atoms with E-state index in [-0.39, 0.29) is 0 Å². The fourth-order valence-corrected chi connectivity index (χ4v) is 3.59. The maximum atomic E-state index is 5.97. The second-order valence-electron chi connectivity index (χ2n) is 6.05. The van der Waals surface area contributed by atoms with Crippen LogP contribution in [0.25, 0.3) is 11.4 Å². The SMILES string of the molecule is Clc1ccc(/C=N\n2c(SCc3ccccc3)nnc2-c2ccccc2)cc1. The van der Waals surface area contributed by atoms with Crippen LogP contribution in [0, 0.1) is 0 Å². The van der Waals surface area contributed by atoms with Gasteiger partial charge in [-0.05, 0) is 23.3 Å². The molecular formula is C22H17ClN4S. The molecule has 1 heterocycles. The van der Waals surface area contributed by atoms with Gasteiger partial charge in [0.25, 0.3) is 0 Å². The molecule has 1 aromatic heterocycles. The molecule has 28 heavy (non-hydrogen) atoms. The molecule has 0 amide bonds. The Morgan fingerprint density at radius 1 is 0.857 bits per heavy atom. The van der Waals surface area contributed by atoms with E-state index in [0.29, 0.717) is 10.8 Å².